The lowest BCUT2D eigenvalue weighted by atomic mass is 9.76. The molecule has 0 radical (unpaired) electrons. The number of nitrogens with zero attached hydrogens (tertiary/aromatic N) is 1. The zero-order chi connectivity index (χ0) is 20.6. The summed E-state index contributed by atoms with van der Waals surface area (Å²) in [5, 5.41) is 0. The van der Waals surface area contributed by atoms with Gasteiger partial charge in [-0.1, -0.05) is 31.0 Å². The second-order valence-electron chi connectivity index (χ2n) is 7.85. The van der Waals surface area contributed by atoms with Crippen molar-refractivity contribution in [2.45, 2.75) is 56.2 Å². The lowest BCUT2D eigenvalue weighted by Crippen LogP contribution is -2.54. The van der Waals surface area contributed by atoms with E-state index in [4.69, 9.17) is 0 Å². The van der Waals surface area contributed by atoms with Gasteiger partial charge in [-0.25, -0.2) is 13.1 Å². The fourth-order valence-corrected chi connectivity index (χ4v) is 5.26. The van der Waals surface area contributed by atoms with Crippen LogP contribution in [0.15, 0.2) is 24.3 Å². The largest absolute Gasteiger partial charge is 0.416 e. The summed E-state index contributed by atoms with van der Waals surface area (Å²) in [6, 6.07) is 4.71. The Bertz CT molecular complexity index is 833. The van der Waals surface area contributed by atoms with Gasteiger partial charge >= 0.3 is 6.18 Å². The standard InChI is InChI=1S/C19H25F3N2O3S/c1-28(26,27)23-16-8-5-11-24(13-16)17(25)18(9-2-3-10-18)14-6-4-7-15(12-14)19(20,21)22/h4,6-7,12,16,23H,2-3,5,8-11,13H2,1H3/t16-/m0/s1. The summed E-state index contributed by atoms with van der Waals surface area (Å²) in [5.41, 5.74) is -1.31. The molecular weight excluding hydrogens is 393 g/mol. The highest BCUT2D eigenvalue weighted by Gasteiger charge is 2.46. The topological polar surface area (TPSA) is 66.5 Å². The molecule has 0 aromatic heterocycles. The number of benzene rings is 1. The average Bonchev–Trinajstić information content (AvgIpc) is 3.10. The fourth-order valence-electron chi connectivity index (χ4n) is 4.46. The van der Waals surface area contributed by atoms with Crippen molar-refractivity contribution in [3.05, 3.63) is 35.4 Å². The SMILES string of the molecule is CS(=O)(=O)N[C@H]1CCCN(C(=O)C2(c3cccc(C(F)(F)F)c3)CCCC2)C1. The third kappa shape index (κ3) is 4.51. The first-order valence-electron chi connectivity index (χ1n) is 9.46. The lowest BCUT2D eigenvalue weighted by Gasteiger charge is -2.39. The predicted molar refractivity (Wildman–Crippen MR) is 99.2 cm³/mol. The van der Waals surface area contributed by atoms with E-state index in [9.17, 15) is 26.4 Å². The van der Waals surface area contributed by atoms with Crippen molar-refractivity contribution in [3.63, 3.8) is 0 Å². The van der Waals surface area contributed by atoms with E-state index >= 15 is 0 Å². The zero-order valence-corrected chi connectivity index (χ0v) is 16.6. The van der Waals surface area contributed by atoms with Crippen molar-refractivity contribution in [2.24, 2.45) is 0 Å². The van der Waals surface area contributed by atoms with Gasteiger partial charge in [-0.2, -0.15) is 13.2 Å². The third-order valence-corrected chi connectivity index (χ3v) is 6.46. The number of hydrogen-bond donors (Lipinski definition) is 1. The minimum absolute atomic E-state index is 0.190. The molecule has 1 aliphatic heterocycles. The van der Waals surface area contributed by atoms with E-state index in [-0.39, 0.29) is 18.5 Å². The van der Waals surface area contributed by atoms with Gasteiger partial charge in [0.25, 0.3) is 0 Å². The fraction of sp³-hybridized carbons (Fsp3) is 0.632. The van der Waals surface area contributed by atoms with Crippen LogP contribution in [0.5, 0.6) is 0 Å². The van der Waals surface area contributed by atoms with E-state index in [1.807, 2.05) is 0 Å². The summed E-state index contributed by atoms with van der Waals surface area (Å²) < 4.78 is 65.1. The molecule has 5 nitrogen and oxygen atoms in total. The minimum atomic E-state index is -4.46. The van der Waals surface area contributed by atoms with Crippen LogP contribution in [-0.4, -0.2) is 44.6 Å². The summed E-state index contributed by atoms with van der Waals surface area (Å²) in [6.07, 6.45) is 0.470. The maximum Gasteiger partial charge on any atom is 0.416 e. The van der Waals surface area contributed by atoms with Crippen LogP contribution in [0.25, 0.3) is 0 Å². The van der Waals surface area contributed by atoms with Crippen LogP contribution in [0.4, 0.5) is 13.2 Å². The van der Waals surface area contributed by atoms with Crippen molar-refractivity contribution >= 4 is 15.9 Å². The van der Waals surface area contributed by atoms with Gasteiger partial charge in [0.15, 0.2) is 0 Å². The summed E-state index contributed by atoms with van der Waals surface area (Å²) in [7, 11) is -3.39. The zero-order valence-electron chi connectivity index (χ0n) is 15.8. The molecule has 2 aliphatic rings. The van der Waals surface area contributed by atoms with Crippen LogP contribution < -0.4 is 4.72 Å². The van der Waals surface area contributed by atoms with Crippen molar-refractivity contribution in [3.8, 4) is 0 Å². The smallest absolute Gasteiger partial charge is 0.340 e. The second kappa shape index (κ2) is 7.67. The van der Waals surface area contributed by atoms with Crippen molar-refractivity contribution in [2.75, 3.05) is 19.3 Å². The molecule has 3 rings (SSSR count). The molecule has 2 fully saturated rings. The first kappa shape index (κ1) is 21.1. The number of carbonyl (C=O) groups excluding carboxylic acids is 1. The Hall–Kier alpha value is -1.61. The van der Waals surface area contributed by atoms with Crippen molar-refractivity contribution in [1.29, 1.82) is 0 Å². The molecule has 1 aliphatic carbocycles. The average molecular weight is 418 g/mol. The Morgan fingerprint density at radius 3 is 2.50 bits per heavy atom. The molecule has 0 unspecified atom stereocenters. The molecule has 1 amide bonds. The summed E-state index contributed by atoms with van der Waals surface area (Å²) in [5.74, 6) is -0.190. The van der Waals surface area contributed by atoms with Gasteiger partial charge in [0.05, 0.1) is 17.2 Å². The van der Waals surface area contributed by atoms with Crippen LogP contribution in [0.1, 0.15) is 49.7 Å². The second-order valence-corrected chi connectivity index (χ2v) is 9.63. The molecule has 0 spiro atoms. The van der Waals surface area contributed by atoms with Gasteiger partial charge in [0.1, 0.15) is 0 Å². The number of nitrogens with one attached hydrogen (secondary N) is 1. The molecule has 1 atom stereocenters. The van der Waals surface area contributed by atoms with Crippen LogP contribution in [0.3, 0.4) is 0 Å². The van der Waals surface area contributed by atoms with Gasteiger partial charge in [-0.15, -0.1) is 0 Å². The Morgan fingerprint density at radius 1 is 1.21 bits per heavy atom. The number of alkyl halides is 3. The van der Waals surface area contributed by atoms with E-state index in [1.165, 1.54) is 6.07 Å². The molecule has 1 N–H and O–H groups in total. The van der Waals surface area contributed by atoms with E-state index in [1.54, 1.807) is 11.0 Å². The highest BCUT2D eigenvalue weighted by molar-refractivity contribution is 7.88. The van der Waals surface area contributed by atoms with E-state index in [0.29, 0.717) is 37.8 Å². The number of amides is 1. The number of hydrogen-bond acceptors (Lipinski definition) is 3. The maximum atomic E-state index is 13.5. The summed E-state index contributed by atoms with van der Waals surface area (Å²) >= 11 is 0. The first-order valence-corrected chi connectivity index (χ1v) is 11.3. The van der Waals surface area contributed by atoms with Crippen molar-refractivity contribution in [1.82, 2.24) is 9.62 Å². The Morgan fingerprint density at radius 2 is 1.89 bits per heavy atom. The number of sulfonamides is 1. The van der Waals surface area contributed by atoms with E-state index in [2.05, 4.69) is 4.72 Å². The monoisotopic (exact) mass is 418 g/mol. The van der Waals surface area contributed by atoms with Gasteiger partial charge in [0, 0.05) is 19.1 Å². The Kier molecular flexibility index (Phi) is 5.78. The lowest BCUT2D eigenvalue weighted by molar-refractivity contribution is -0.140. The number of carbonyl (C=O) groups is 1. The van der Waals surface area contributed by atoms with Crippen LogP contribution in [-0.2, 0) is 26.4 Å². The third-order valence-electron chi connectivity index (χ3n) is 5.70. The Labute approximate surface area is 163 Å². The first-order chi connectivity index (χ1) is 13.0. The van der Waals surface area contributed by atoms with Gasteiger partial charge in [-0.05, 0) is 37.3 Å². The quantitative estimate of drug-likeness (QED) is 0.817. The summed E-state index contributed by atoms with van der Waals surface area (Å²) in [6.45, 7) is 0.730. The molecule has 28 heavy (non-hydrogen) atoms. The van der Waals surface area contributed by atoms with Crippen LogP contribution in [0.2, 0.25) is 0 Å². The normalized spacial score (nSPS) is 23.0. The molecule has 156 valence electrons. The van der Waals surface area contributed by atoms with Gasteiger partial charge in [0.2, 0.25) is 15.9 Å². The van der Waals surface area contributed by atoms with Crippen LogP contribution in [0, 0.1) is 0 Å². The Balaban J connectivity index is 1.88. The molecule has 1 heterocycles. The molecule has 1 aromatic carbocycles. The van der Waals surface area contributed by atoms with E-state index in [0.717, 1.165) is 31.2 Å². The van der Waals surface area contributed by atoms with Gasteiger partial charge < -0.3 is 4.90 Å². The highest BCUT2D eigenvalue weighted by atomic mass is 32.2. The van der Waals surface area contributed by atoms with E-state index < -0.39 is 27.2 Å². The molecular formula is C19H25F3N2O3S. The number of rotatable bonds is 4. The molecule has 1 aromatic rings. The van der Waals surface area contributed by atoms with Crippen molar-refractivity contribution < 1.29 is 26.4 Å². The predicted octanol–water partition coefficient (Wildman–Crippen LogP) is 3.06. The minimum Gasteiger partial charge on any atom is -0.340 e. The summed E-state index contributed by atoms with van der Waals surface area (Å²) in [4.78, 5) is 15.1. The molecule has 1 saturated heterocycles. The number of likely N-dealkylation sites (tertiary alicyclic amines) is 1. The molecule has 1 saturated carbocycles. The van der Waals surface area contributed by atoms with Gasteiger partial charge in [-0.3, -0.25) is 4.79 Å². The van der Waals surface area contributed by atoms with Crippen LogP contribution >= 0.6 is 0 Å². The number of piperidine rings is 1. The maximum absolute atomic E-state index is 13.5. The molecule has 0 bridgehead atoms. The molecule has 9 heteroatoms. The highest BCUT2D eigenvalue weighted by Crippen LogP contribution is 2.44. The number of halogens is 3.